The van der Waals surface area contributed by atoms with Crippen LogP contribution in [0.3, 0.4) is 0 Å². The Morgan fingerprint density at radius 1 is 1.32 bits per heavy atom. The summed E-state index contributed by atoms with van der Waals surface area (Å²) in [5, 5.41) is 0.628. The lowest BCUT2D eigenvalue weighted by molar-refractivity contribution is 0.0735. The summed E-state index contributed by atoms with van der Waals surface area (Å²) in [5.41, 5.74) is 0.425. The molecule has 1 rings (SSSR count). The normalized spacial score (nSPS) is 10.8. The molecule has 0 unspecified atom stereocenters. The number of amides is 1. The van der Waals surface area contributed by atoms with Gasteiger partial charge in [-0.15, -0.1) is 0 Å². The minimum Gasteiger partial charge on any atom is -0.339 e. The third-order valence-corrected chi connectivity index (χ3v) is 3.86. The van der Waals surface area contributed by atoms with Crippen molar-refractivity contribution in [3.05, 3.63) is 28.0 Å². The zero-order valence-electron chi connectivity index (χ0n) is 11.6. The number of carbonyl (C=O) groups is 1. The quantitative estimate of drug-likeness (QED) is 0.735. The molecule has 106 valence electrons. The molecule has 1 aromatic rings. The molecule has 0 spiro atoms. The van der Waals surface area contributed by atoms with Crippen LogP contribution < -0.4 is 0 Å². The van der Waals surface area contributed by atoms with Crippen LogP contribution in [0.1, 0.15) is 44.0 Å². The second-order valence-corrected chi connectivity index (χ2v) is 5.31. The Hall–Kier alpha value is -0.800. The van der Waals surface area contributed by atoms with Gasteiger partial charge in [-0.25, -0.2) is 4.98 Å². The van der Waals surface area contributed by atoms with Gasteiger partial charge in [-0.3, -0.25) is 4.79 Å². The van der Waals surface area contributed by atoms with Crippen LogP contribution in [0.5, 0.6) is 0 Å². The molecule has 0 saturated heterocycles. The van der Waals surface area contributed by atoms with Gasteiger partial charge in [-0.05, 0) is 18.9 Å². The second kappa shape index (κ2) is 7.71. The summed E-state index contributed by atoms with van der Waals surface area (Å²) in [5.74, 6) is 0.434. The summed E-state index contributed by atoms with van der Waals surface area (Å²) >= 11 is 11.9. The molecule has 0 aliphatic carbocycles. The van der Waals surface area contributed by atoms with Crippen molar-refractivity contribution in [2.45, 2.75) is 33.6 Å². The van der Waals surface area contributed by atoms with Crippen molar-refractivity contribution in [3.8, 4) is 0 Å². The zero-order valence-corrected chi connectivity index (χ0v) is 13.1. The number of rotatable bonds is 6. The van der Waals surface area contributed by atoms with Gasteiger partial charge in [-0.2, -0.15) is 0 Å². The molecular weight excluding hydrogens is 283 g/mol. The summed E-state index contributed by atoms with van der Waals surface area (Å²) in [6, 6.07) is 1.53. The van der Waals surface area contributed by atoms with Gasteiger partial charge in [-0.1, -0.05) is 49.9 Å². The molecule has 0 N–H and O–H groups in total. The van der Waals surface area contributed by atoms with E-state index >= 15 is 0 Å². The number of hydrogen-bond acceptors (Lipinski definition) is 2. The Kier molecular flexibility index (Phi) is 6.59. The van der Waals surface area contributed by atoms with Crippen LogP contribution in [0.4, 0.5) is 0 Å². The van der Waals surface area contributed by atoms with Crippen molar-refractivity contribution >= 4 is 29.1 Å². The molecule has 0 aliphatic rings. The van der Waals surface area contributed by atoms with E-state index in [2.05, 4.69) is 18.8 Å². The van der Waals surface area contributed by atoms with Gasteiger partial charge < -0.3 is 4.90 Å². The predicted octanol–water partition coefficient (Wildman–Crippen LogP) is 4.29. The number of halogens is 2. The van der Waals surface area contributed by atoms with Crippen molar-refractivity contribution in [1.82, 2.24) is 9.88 Å². The molecule has 1 amide bonds. The van der Waals surface area contributed by atoms with Crippen molar-refractivity contribution < 1.29 is 4.79 Å². The fourth-order valence-corrected chi connectivity index (χ4v) is 2.30. The van der Waals surface area contributed by atoms with Crippen LogP contribution in [-0.4, -0.2) is 28.9 Å². The van der Waals surface area contributed by atoms with Crippen LogP contribution in [0, 0.1) is 5.92 Å². The highest BCUT2D eigenvalue weighted by atomic mass is 35.5. The third kappa shape index (κ3) is 4.36. The molecule has 0 atom stereocenters. The third-order valence-electron chi connectivity index (χ3n) is 3.35. The lowest BCUT2D eigenvalue weighted by Gasteiger charge is -2.25. The van der Waals surface area contributed by atoms with E-state index in [0.29, 0.717) is 23.0 Å². The standard InChI is InChI=1S/C14H20Cl2N2O/c1-4-10(5-2)9-18(6-3)14(19)11-7-13(16)17-8-12(11)15/h7-8,10H,4-6,9H2,1-3H3. The van der Waals surface area contributed by atoms with E-state index in [1.807, 2.05) is 11.8 Å². The van der Waals surface area contributed by atoms with E-state index in [-0.39, 0.29) is 11.1 Å². The maximum absolute atomic E-state index is 12.5. The minimum absolute atomic E-state index is 0.0799. The lowest BCUT2D eigenvalue weighted by Crippen LogP contribution is -2.35. The number of aromatic nitrogens is 1. The molecule has 19 heavy (non-hydrogen) atoms. The molecular formula is C14H20Cl2N2O. The molecule has 0 saturated carbocycles. The van der Waals surface area contributed by atoms with Gasteiger partial charge in [0.25, 0.3) is 5.91 Å². The second-order valence-electron chi connectivity index (χ2n) is 4.51. The molecule has 0 bridgehead atoms. The number of nitrogens with zero attached hydrogens (tertiary/aromatic N) is 2. The Balaban J connectivity index is 2.92. The summed E-state index contributed by atoms with van der Waals surface area (Å²) in [6.45, 7) is 7.66. The zero-order chi connectivity index (χ0) is 14.4. The van der Waals surface area contributed by atoms with Crippen LogP contribution in [0.15, 0.2) is 12.3 Å². The van der Waals surface area contributed by atoms with Crippen LogP contribution in [0.25, 0.3) is 0 Å². The first kappa shape index (κ1) is 16.3. The monoisotopic (exact) mass is 302 g/mol. The molecule has 1 heterocycles. The summed E-state index contributed by atoms with van der Waals surface area (Å²) in [7, 11) is 0. The summed E-state index contributed by atoms with van der Waals surface area (Å²) in [6.07, 6.45) is 3.54. The number of hydrogen-bond donors (Lipinski definition) is 0. The molecule has 0 aliphatic heterocycles. The average Bonchev–Trinajstić information content (AvgIpc) is 2.42. The van der Waals surface area contributed by atoms with Gasteiger partial charge in [0.1, 0.15) is 5.15 Å². The van der Waals surface area contributed by atoms with E-state index in [4.69, 9.17) is 23.2 Å². The van der Waals surface area contributed by atoms with Crippen molar-refractivity contribution in [3.63, 3.8) is 0 Å². The number of carbonyl (C=O) groups excluding carboxylic acids is 1. The van der Waals surface area contributed by atoms with Gasteiger partial charge >= 0.3 is 0 Å². The first-order valence-corrected chi connectivity index (χ1v) is 7.39. The SMILES string of the molecule is CCC(CC)CN(CC)C(=O)c1cc(Cl)ncc1Cl. The van der Waals surface area contributed by atoms with Gasteiger partial charge in [0.2, 0.25) is 0 Å². The molecule has 1 aromatic heterocycles. The van der Waals surface area contributed by atoms with E-state index in [1.54, 1.807) is 0 Å². The lowest BCUT2D eigenvalue weighted by atomic mass is 10.0. The fourth-order valence-electron chi connectivity index (χ4n) is 1.96. The maximum atomic E-state index is 12.5. The molecule has 0 fully saturated rings. The van der Waals surface area contributed by atoms with Crippen LogP contribution in [-0.2, 0) is 0 Å². The topological polar surface area (TPSA) is 33.2 Å². The van der Waals surface area contributed by atoms with Gasteiger partial charge in [0.05, 0.1) is 10.6 Å². The van der Waals surface area contributed by atoms with Crippen molar-refractivity contribution in [1.29, 1.82) is 0 Å². The largest absolute Gasteiger partial charge is 0.339 e. The van der Waals surface area contributed by atoms with Crippen molar-refractivity contribution in [2.24, 2.45) is 5.92 Å². The van der Waals surface area contributed by atoms with E-state index in [0.717, 1.165) is 19.4 Å². The Morgan fingerprint density at radius 2 is 1.95 bits per heavy atom. The maximum Gasteiger partial charge on any atom is 0.255 e. The van der Waals surface area contributed by atoms with Crippen molar-refractivity contribution in [2.75, 3.05) is 13.1 Å². The first-order valence-electron chi connectivity index (χ1n) is 6.63. The van der Waals surface area contributed by atoms with Crippen LogP contribution in [0.2, 0.25) is 10.2 Å². The molecule has 5 heteroatoms. The van der Waals surface area contributed by atoms with Crippen LogP contribution >= 0.6 is 23.2 Å². The highest BCUT2D eigenvalue weighted by molar-refractivity contribution is 6.35. The number of pyridine rings is 1. The summed E-state index contributed by atoms with van der Waals surface area (Å²) in [4.78, 5) is 18.1. The highest BCUT2D eigenvalue weighted by Crippen LogP contribution is 2.21. The van der Waals surface area contributed by atoms with E-state index in [1.165, 1.54) is 12.3 Å². The molecule has 3 nitrogen and oxygen atoms in total. The molecule has 0 aromatic carbocycles. The Morgan fingerprint density at radius 3 is 2.47 bits per heavy atom. The highest BCUT2D eigenvalue weighted by Gasteiger charge is 2.20. The van der Waals surface area contributed by atoms with Gasteiger partial charge in [0, 0.05) is 19.3 Å². The van der Waals surface area contributed by atoms with E-state index < -0.39 is 0 Å². The Labute approximate surface area is 124 Å². The average molecular weight is 303 g/mol. The van der Waals surface area contributed by atoms with Gasteiger partial charge in [0.15, 0.2) is 0 Å². The predicted molar refractivity (Wildman–Crippen MR) is 79.9 cm³/mol. The summed E-state index contributed by atoms with van der Waals surface area (Å²) < 4.78 is 0. The van der Waals surface area contributed by atoms with E-state index in [9.17, 15) is 4.79 Å². The minimum atomic E-state index is -0.0799. The fraction of sp³-hybridized carbons (Fsp3) is 0.571. The Bertz CT molecular complexity index is 433. The molecule has 0 radical (unpaired) electrons. The first-order chi connectivity index (χ1) is 9.03. The smallest absolute Gasteiger partial charge is 0.255 e.